The van der Waals surface area contributed by atoms with E-state index >= 15 is 0 Å². The Morgan fingerprint density at radius 3 is 2.62 bits per heavy atom. The maximum atomic E-state index is 13.7. The van der Waals surface area contributed by atoms with E-state index in [2.05, 4.69) is 20.3 Å². The van der Waals surface area contributed by atoms with E-state index in [0.29, 0.717) is 40.8 Å². The van der Waals surface area contributed by atoms with E-state index in [0.717, 1.165) is 42.4 Å². The molecule has 0 bridgehead atoms. The number of hydrogen-bond donors (Lipinski definition) is 1. The van der Waals surface area contributed by atoms with Gasteiger partial charge >= 0.3 is 5.69 Å². The molecule has 0 radical (unpaired) electrons. The first-order valence-corrected chi connectivity index (χ1v) is 12.6. The minimum Gasteiger partial charge on any atom is -0.439 e. The third kappa shape index (κ3) is 4.30. The first-order valence-electron chi connectivity index (χ1n) is 12.6. The molecule has 188 valence electrons. The number of hydrogen-bond acceptors (Lipinski definition) is 6. The molecule has 37 heavy (non-hydrogen) atoms. The Hall–Kier alpha value is -4.27. The van der Waals surface area contributed by atoms with Crippen molar-refractivity contribution in [1.82, 2.24) is 29.4 Å². The zero-order valence-corrected chi connectivity index (χ0v) is 20.8. The number of fused-ring (bicyclic) bond motifs is 2. The van der Waals surface area contributed by atoms with Crippen molar-refractivity contribution in [3.63, 3.8) is 0 Å². The molecule has 0 atom stereocenters. The Bertz CT molecular complexity index is 1670. The monoisotopic (exact) mass is 496 g/mol. The van der Waals surface area contributed by atoms with Crippen LogP contribution in [0.3, 0.4) is 0 Å². The highest BCUT2D eigenvalue weighted by Gasteiger charge is 2.25. The van der Waals surface area contributed by atoms with Crippen LogP contribution in [0.5, 0.6) is 0 Å². The maximum Gasteiger partial charge on any atom is 0.333 e. The number of rotatable bonds is 5. The van der Waals surface area contributed by atoms with Gasteiger partial charge in [0, 0.05) is 37.5 Å². The minimum absolute atomic E-state index is 0.0686. The van der Waals surface area contributed by atoms with Gasteiger partial charge in [0.25, 0.3) is 5.91 Å². The quantitative estimate of drug-likeness (QED) is 0.388. The summed E-state index contributed by atoms with van der Waals surface area (Å²) in [5.74, 6) is 0.820. The number of para-hydroxylation sites is 2. The molecule has 0 unspecified atom stereocenters. The average Bonchev–Trinajstić information content (AvgIpc) is 3.41. The summed E-state index contributed by atoms with van der Waals surface area (Å²) in [6.07, 6.45) is 7.01. The van der Waals surface area contributed by atoms with Crippen molar-refractivity contribution in [2.75, 3.05) is 0 Å². The SMILES string of the molecule is Cc1nc2ncc(-n3c(=O)n(CC4CCC(NC(=O)c5cccnc5C)CC4)c4ccccc43)cc2o1. The lowest BCUT2D eigenvalue weighted by atomic mass is 9.85. The van der Waals surface area contributed by atoms with Crippen molar-refractivity contribution in [3.05, 3.63) is 82.5 Å². The van der Waals surface area contributed by atoms with Crippen LogP contribution < -0.4 is 11.0 Å². The lowest BCUT2D eigenvalue weighted by molar-refractivity contribution is 0.0919. The maximum absolute atomic E-state index is 13.7. The Morgan fingerprint density at radius 2 is 1.84 bits per heavy atom. The van der Waals surface area contributed by atoms with Gasteiger partial charge in [-0.3, -0.25) is 18.9 Å². The number of carbonyl (C=O) groups excluding carboxylic acids is 1. The molecule has 1 N–H and O–H groups in total. The van der Waals surface area contributed by atoms with Crippen LogP contribution in [-0.2, 0) is 6.54 Å². The van der Waals surface area contributed by atoms with Gasteiger partial charge in [-0.05, 0) is 62.8 Å². The largest absolute Gasteiger partial charge is 0.439 e. The van der Waals surface area contributed by atoms with Gasteiger partial charge in [0.1, 0.15) is 0 Å². The number of imidazole rings is 1. The molecule has 1 aromatic carbocycles. The number of nitrogens with zero attached hydrogens (tertiary/aromatic N) is 5. The van der Waals surface area contributed by atoms with Crippen LogP contribution in [0.25, 0.3) is 28.0 Å². The normalized spacial score (nSPS) is 17.9. The van der Waals surface area contributed by atoms with Crippen molar-refractivity contribution >= 4 is 28.2 Å². The van der Waals surface area contributed by atoms with Crippen LogP contribution in [0.15, 0.2) is 64.1 Å². The number of benzene rings is 1. The van der Waals surface area contributed by atoms with Crippen molar-refractivity contribution in [1.29, 1.82) is 0 Å². The second kappa shape index (κ2) is 9.31. The molecule has 1 amide bonds. The molecule has 1 fully saturated rings. The van der Waals surface area contributed by atoms with Crippen molar-refractivity contribution in [2.24, 2.45) is 5.92 Å². The zero-order chi connectivity index (χ0) is 25.5. The minimum atomic E-state index is -0.0962. The van der Waals surface area contributed by atoms with Gasteiger partial charge in [-0.25, -0.2) is 9.78 Å². The standard InChI is InChI=1S/C28H28N6O3/c1-17-22(6-5-13-29-17)27(35)32-20-11-9-19(10-12-20)16-33-23-7-3-4-8-24(23)34(28(33)36)21-14-25-26(30-15-21)31-18(2)37-25/h3-8,13-15,19-20H,9-12,16H2,1-2H3,(H,32,35). The van der Waals surface area contributed by atoms with Gasteiger partial charge in [-0.2, -0.15) is 4.98 Å². The molecular formula is C28H28N6O3. The second-order valence-electron chi connectivity index (χ2n) is 9.79. The molecular weight excluding hydrogens is 468 g/mol. The number of amides is 1. The van der Waals surface area contributed by atoms with E-state index < -0.39 is 0 Å². The van der Waals surface area contributed by atoms with E-state index in [-0.39, 0.29) is 17.6 Å². The number of pyridine rings is 2. The highest BCUT2D eigenvalue weighted by molar-refractivity contribution is 5.95. The van der Waals surface area contributed by atoms with Crippen molar-refractivity contribution in [2.45, 2.75) is 52.1 Å². The van der Waals surface area contributed by atoms with Crippen LogP contribution >= 0.6 is 0 Å². The number of aromatic nitrogens is 5. The van der Waals surface area contributed by atoms with E-state index in [1.807, 2.05) is 47.9 Å². The highest BCUT2D eigenvalue weighted by atomic mass is 16.3. The summed E-state index contributed by atoms with van der Waals surface area (Å²) >= 11 is 0. The van der Waals surface area contributed by atoms with Crippen LogP contribution in [0.4, 0.5) is 0 Å². The molecule has 4 aromatic heterocycles. The Kier molecular flexibility index (Phi) is 5.82. The molecule has 1 aliphatic rings. The summed E-state index contributed by atoms with van der Waals surface area (Å²) in [5.41, 5.74) is 4.72. The molecule has 4 heterocycles. The van der Waals surface area contributed by atoms with E-state index in [1.54, 1.807) is 30.0 Å². The molecule has 6 rings (SSSR count). The summed E-state index contributed by atoms with van der Waals surface area (Å²) in [5, 5.41) is 3.17. The molecule has 5 aromatic rings. The Morgan fingerprint density at radius 1 is 1.05 bits per heavy atom. The molecule has 0 aliphatic heterocycles. The predicted molar refractivity (Wildman–Crippen MR) is 140 cm³/mol. The highest BCUT2D eigenvalue weighted by Crippen LogP contribution is 2.28. The summed E-state index contributed by atoms with van der Waals surface area (Å²) in [4.78, 5) is 39.3. The lowest BCUT2D eigenvalue weighted by Crippen LogP contribution is -2.39. The molecule has 9 heteroatoms. The summed E-state index contributed by atoms with van der Waals surface area (Å²) < 4.78 is 9.22. The zero-order valence-electron chi connectivity index (χ0n) is 20.8. The topological polar surface area (TPSA) is 108 Å². The molecule has 0 spiro atoms. The summed E-state index contributed by atoms with van der Waals surface area (Å²) in [6, 6.07) is 13.4. The number of nitrogens with one attached hydrogen (secondary N) is 1. The number of aryl methyl sites for hydroxylation is 2. The Balaban J connectivity index is 1.21. The van der Waals surface area contributed by atoms with Crippen molar-refractivity contribution < 1.29 is 9.21 Å². The molecule has 0 saturated heterocycles. The molecule has 9 nitrogen and oxygen atoms in total. The van der Waals surface area contributed by atoms with Gasteiger partial charge in [0.15, 0.2) is 17.1 Å². The van der Waals surface area contributed by atoms with Gasteiger partial charge < -0.3 is 9.73 Å². The number of carbonyl (C=O) groups is 1. The van der Waals surface area contributed by atoms with Crippen LogP contribution in [-0.4, -0.2) is 36.0 Å². The van der Waals surface area contributed by atoms with Gasteiger partial charge in [0.05, 0.1) is 28.5 Å². The molecule has 1 aliphatic carbocycles. The van der Waals surface area contributed by atoms with Gasteiger partial charge in [-0.15, -0.1) is 0 Å². The second-order valence-corrected chi connectivity index (χ2v) is 9.79. The Labute approximate surface area is 213 Å². The predicted octanol–water partition coefficient (Wildman–Crippen LogP) is 4.33. The van der Waals surface area contributed by atoms with Crippen LogP contribution in [0.1, 0.15) is 47.6 Å². The summed E-state index contributed by atoms with van der Waals surface area (Å²) in [6.45, 7) is 4.26. The van der Waals surface area contributed by atoms with Gasteiger partial charge in [0.2, 0.25) is 0 Å². The van der Waals surface area contributed by atoms with E-state index in [1.165, 1.54) is 0 Å². The van der Waals surface area contributed by atoms with Crippen LogP contribution in [0.2, 0.25) is 0 Å². The first kappa shape index (κ1) is 23.1. The van der Waals surface area contributed by atoms with E-state index in [9.17, 15) is 9.59 Å². The summed E-state index contributed by atoms with van der Waals surface area (Å²) in [7, 11) is 0. The first-order chi connectivity index (χ1) is 18.0. The lowest BCUT2D eigenvalue weighted by Gasteiger charge is -2.29. The van der Waals surface area contributed by atoms with E-state index in [4.69, 9.17) is 4.42 Å². The smallest absolute Gasteiger partial charge is 0.333 e. The fraction of sp³-hybridized carbons (Fsp3) is 0.321. The third-order valence-corrected chi connectivity index (χ3v) is 7.31. The fourth-order valence-corrected chi connectivity index (χ4v) is 5.41. The number of oxazole rings is 1. The fourth-order valence-electron chi connectivity index (χ4n) is 5.41. The molecule has 1 saturated carbocycles. The van der Waals surface area contributed by atoms with Gasteiger partial charge in [-0.1, -0.05) is 12.1 Å². The van der Waals surface area contributed by atoms with Crippen molar-refractivity contribution in [3.8, 4) is 5.69 Å². The third-order valence-electron chi connectivity index (χ3n) is 7.31. The van der Waals surface area contributed by atoms with Crippen LogP contribution in [0, 0.1) is 19.8 Å². The average molecular weight is 497 g/mol.